The molecule has 2 rings (SSSR count). The van der Waals surface area contributed by atoms with Crippen molar-refractivity contribution >= 4 is 29.9 Å². The van der Waals surface area contributed by atoms with E-state index in [4.69, 9.17) is 5.73 Å². The molecule has 4 nitrogen and oxygen atoms in total. The quantitative estimate of drug-likeness (QED) is 0.476. The topological polar surface area (TPSA) is 63.3 Å². The largest absolute Gasteiger partial charge is 0.370 e. The van der Waals surface area contributed by atoms with Gasteiger partial charge in [-0.05, 0) is 45.7 Å². The molecule has 1 fully saturated rings. The van der Waals surface area contributed by atoms with Gasteiger partial charge >= 0.3 is 0 Å². The lowest BCUT2D eigenvalue weighted by Gasteiger charge is -2.40. The zero-order chi connectivity index (χ0) is 13.9. The molecule has 0 unspecified atom stereocenters. The fraction of sp³-hybridized carbons (Fsp3) is 0.600. The predicted molar refractivity (Wildman–Crippen MR) is 94.6 cm³/mol. The minimum atomic E-state index is -0.0502. The minimum absolute atomic E-state index is 0. The second kappa shape index (κ2) is 6.74. The summed E-state index contributed by atoms with van der Waals surface area (Å²) in [6.45, 7) is 6.95. The van der Waals surface area contributed by atoms with Crippen LogP contribution in [0, 0.1) is 0 Å². The van der Waals surface area contributed by atoms with Crippen molar-refractivity contribution in [1.82, 2.24) is 10.3 Å². The van der Waals surface area contributed by atoms with Gasteiger partial charge in [0.15, 0.2) is 5.96 Å². The third-order valence-corrected chi connectivity index (χ3v) is 3.57. The Morgan fingerprint density at radius 1 is 1.40 bits per heavy atom. The molecule has 1 saturated carbocycles. The van der Waals surface area contributed by atoms with Crippen LogP contribution >= 0.6 is 24.0 Å². The number of aliphatic imine (C=N–C) groups is 1. The zero-order valence-electron chi connectivity index (χ0n) is 12.5. The second-order valence-electron chi connectivity index (χ2n) is 6.43. The molecule has 0 radical (unpaired) electrons. The highest BCUT2D eigenvalue weighted by atomic mass is 127. The van der Waals surface area contributed by atoms with Crippen molar-refractivity contribution in [2.75, 3.05) is 6.54 Å². The van der Waals surface area contributed by atoms with Gasteiger partial charge in [-0.1, -0.05) is 12.5 Å². The summed E-state index contributed by atoms with van der Waals surface area (Å²) in [6.07, 6.45) is 5.40. The summed E-state index contributed by atoms with van der Waals surface area (Å²) in [5.74, 6) is 0.523. The SMILES string of the molecule is CC(C)(C)NC(N)=NCC1(c2ccccn2)CCC1.I. The maximum atomic E-state index is 5.94. The molecule has 20 heavy (non-hydrogen) atoms. The summed E-state index contributed by atoms with van der Waals surface area (Å²) < 4.78 is 0. The maximum absolute atomic E-state index is 5.94. The van der Waals surface area contributed by atoms with Gasteiger partial charge in [0, 0.05) is 22.8 Å². The van der Waals surface area contributed by atoms with E-state index >= 15 is 0 Å². The molecule has 1 heterocycles. The summed E-state index contributed by atoms with van der Waals surface area (Å²) >= 11 is 0. The predicted octanol–water partition coefficient (Wildman–Crippen LogP) is 2.82. The molecule has 3 N–H and O–H groups in total. The first-order valence-electron chi connectivity index (χ1n) is 6.91. The molecular weight excluding hydrogens is 363 g/mol. The lowest BCUT2D eigenvalue weighted by Crippen LogP contribution is -2.46. The molecule has 0 spiro atoms. The van der Waals surface area contributed by atoms with E-state index in [1.54, 1.807) is 0 Å². The van der Waals surface area contributed by atoms with Gasteiger partial charge in [-0.15, -0.1) is 24.0 Å². The molecule has 1 aromatic heterocycles. The monoisotopic (exact) mass is 388 g/mol. The van der Waals surface area contributed by atoms with E-state index in [2.05, 4.69) is 42.1 Å². The number of nitrogens with zero attached hydrogens (tertiary/aromatic N) is 2. The number of hydrogen-bond donors (Lipinski definition) is 2. The standard InChI is InChI=1S/C15H24N4.HI/c1-14(2,3)19-13(16)18-11-15(8-6-9-15)12-7-4-5-10-17-12;/h4-5,7,10H,6,8-9,11H2,1-3H3,(H3,16,18,19);1H. The van der Waals surface area contributed by atoms with Crippen molar-refractivity contribution < 1.29 is 0 Å². The van der Waals surface area contributed by atoms with Crippen molar-refractivity contribution in [2.45, 2.75) is 51.0 Å². The average Bonchev–Trinajstić information content (AvgIpc) is 2.26. The number of nitrogens with one attached hydrogen (secondary N) is 1. The van der Waals surface area contributed by atoms with Crippen LogP contribution in [0.15, 0.2) is 29.4 Å². The molecule has 0 aliphatic heterocycles. The molecule has 5 heteroatoms. The third kappa shape index (κ3) is 4.33. The molecule has 0 bridgehead atoms. The van der Waals surface area contributed by atoms with Crippen molar-refractivity contribution in [1.29, 1.82) is 0 Å². The van der Waals surface area contributed by atoms with Crippen molar-refractivity contribution in [3.63, 3.8) is 0 Å². The molecule has 1 aliphatic rings. The first-order valence-corrected chi connectivity index (χ1v) is 6.91. The van der Waals surface area contributed by atoms with Gasteiger partial charge in [-0.25, -0.2) is 0 Å². The van der Waals surface area contributed by atoms with Crippen LogP contribution in [-0.2, 0) is 5.41 Å². The molecular formula is C15H25IN4. The smallest absolute Gasteiger partial charge is 0.189 e. The third-order valence-electron chi connectivity index (χ3n) is 3.57. The van der Waals surface area contributed by atoms with Gasteiger partial charge in [-0.3, -0.25) is 9.98 Å². The first kappa shape index (κ1) is 17.2. The van der Waals surface area contributed by atoms with Gasteiger partial charge in [-0.2, -0.15) is 0 Å². The van der Waals surface area contributed by atoms with Crippen molar-refractivity contribution in [3.8, 4) is 0 Å². The minimum Gasteiger partial charge on any atom is -0.370 e. The van der Waals surface area contributed by atoms with Gasteiger partial charge < -0.3 is 11.1 Å². The molecule has 112 valence electrons. The Bertz CT molecular complexity index is 447. The lowest BCUT2D eigenvalue weighted by molar-refractivity contribution is 0.246. The summed E-state index contributed by atoms with van der Waals surface area (Å²) in [5, 5.41) is 3.20. The molecule has 1 aliphatic carbocycles. The Kier molecular flexibility index (Phi) is 5.79. The van der Waals surface area contributed by atoms with Crippen LogP contribution in [0.3, 0.4) is 0 Å². The number of nitrogens with two attached hydrogens (primary N) is 1. The van der Waals surface area contributed by atoms with Crippen LogP contribution < -0.4 is 11.1 Å². The first-order chi connectivity index (χ1) is 8.91. The highest BCUT2D eigenvalue weighted by molar-refractivity contribution is 14.0. The molecule has 1 aromatic rings. The number of rotatable bonds is 3. The number of pyridine rings is 1. The number of aromatic nitrogens is 1. The second-order valence-corrected chi connectivity index (χ2v) is 6.43. The van der Waals surface area contributed by atoms with Crippen molar-refractivity contribution in [2.24, 2.45) is 10.7 Å². The summed E-state index contributed by atoms with van der Waals surface area (Å²) in [5.41, 5.74) is 7.14. The lowest BCUT2D eigenvalue weighted by atomic mass is 9.66. The fourth-order valence-electron chi connectivity index (χ4n) is 2.44. The van der Waals surface area contributed by atoms with E-state index < -0.39 is 0 Å². The molecule has 0 atom stereocenters. The fourth-order valence-corrected chi connectivity index (χ4v) is 2.44. The van der Waals surface area contributed by atoms with Crippen LogP contribution in [-0.4, -0.2) is 23.0 Å². The maximum Gasteiger partial charge on any atom is 0.189 e. The average molecular weight is 388 g/mol. The molecule has 0 saturated heterocycles. The Hall–Kier alpha value is -0.850. The number of halogens is 1. The Balaban J connectivity index is 0.00000200. The van der Waals surface area contributed by atoms with Crippen LogP contribution in [0.5, 0.6) is 0 Å². The summed E-state index contributed by atoms with van der Waals surface area (Å²) in [4.78, 5) is 9.02. The highest BCUT2D eigenvalue weighted by Crippen LogP contribution is 2.42. The van der Waals surface area contributed by atoms with Crippen LogP contribution in [0.4, 0.5) is 0 Å². The van der Waals surface area contributed by atoms with Gasteiger partial charge in [0.25, 0.3) is 0 Å². The summed E-state index contributed by atoms with van der Waals surface area (Å²) in [6, 6.07) is 6.10. The van der Waals surface area contributed by atoms with E-state index in [0.717, 1.165) is 25.1 Å². The van der Waals surface area contributed by atoms with Gasteiger partial charge in [0.1, 0.15) is 0 Å². The van der Waals surface area contributed by atoms with Crippen molar-refractivity contribution in [3.05, 3.63) is 30.1 Å². The normalized spacial score (nSPS) is 17.9. The number of guanidine groups is 1. The Labute approximate surface area is 138 Å². The van der Waals surface area contributed by atoms with E-state index in [0.29, 0.717) is 5.96 Å². The summed E-state index contributed by atoms with van der Waals surface area (Å²) in [7, 11) is 0. The number of hydrogen-bond acceptors (Lipinski definition) is 2. The highest BCUT2D eigenvalue weighted by Gasteiger charge is 2.39. The van der Waals surface area contributed by atoms with E-state index in [9.17, 15) is 0 Å². The molecule has 0 amide bonds. The van der Waals surface area contributed by atoms with E-state index in [-0.39, 0.29) is 34.9 Å². The van der Waals surface area contributed by atoms with Crippen LogP contribution in [0.1, 0.15) is 45.7 Å². The van der Waals surface area contributed by atoms with Crippen LogP contribution in [0.2, 0.25) is 0 Å². The Morgan fingerprint density at radius 3 is 2.55 bits per heavy atom. The Morgan fingerprint density at radius 2 is 2.10 bits per heavy atom. The zero-order valence-corrected chi connectivity index (χ0v) is 14.8. The molecule has 0 aromatic carbocycles. The van der Waals surface area contributed by atoms with Gasteiger partial charge in [0.2, 0.25) is 0 Å². The van der Waals surface area contributed by atoms with E-state index in [1.165, 1.54) is 6.42 Å². The van der Waals surface area contributed by atoms with Gasteiger partial charge in [0.05, 0.1) is 6.54 Å². The van der Waals surface area contributed by atoms with Crippen LogP contribution in [0.25, 0.3) is 0 Å². The van der Waals surface area contributed by atoms with E-state index in [1.807, 2.05) is 18.3 Å².